The highest BCUT2D eigenvalue weighted by Gasteiger charge is 2.25. The van der Waals surface area contributed by atoms with Crippen LogP contribution in [-0.2, 0) is 9.37 Å². The zero-order valence-electron chi connectivity index (χ0n) is 8.58. The topological polar surface area (TPSA) is 41.5 Å². The molecule has 0 amide bonds. The van der Waals surface area contributed by atoms with Gasteiger partial charge in [0.15, 0.2) is 17.5 Å². The Morgan fingerprint density at radius 3 is 1.88 bits per heavy atom. The van der Waals surface area contributed by atoms with Crippen LogP contribution in [0, 0.1) is 17.5 Å². The normalized spacial score (nSPS) is 10.9. The molecule has 17 heavy (non-hydrogen) atoms. The van der Waals surface area contributed by atoms with E-state index in [1.165, 1.54) is 12.5 Å². The summed E-state index contributed by atoms with van der Waals surface area (Å²) in [6, 6.07) is 0. The van der Waals surface area contributed by atoms with Crippen LogP contribution in [0.1, 0.15) is 0 Å². The molecule has 0 saturated carbocycles. The second-order valence-corrected chi connectivity index (χ2v) is 4.90. The largest absolute Gasteiger partial charge is 0.691 e. The zero-order chi connectivity index (χ0) is 13.0. The number of thioether (sulfide) groups is 2. The highest BCUT2D eigenvalue weighted by Crippen LogP contribution is 2.40. The summed E-state index contributed by atoms with van der Waals surface area (Å²) >= 11 is 1.75. The lowest BCUT2D eigenvalue weighted by Gasteiger charge is -2.13. The van der Waals surface area contributed by atoms with Crippen LogP contribution in [0.5, 0.6) is 0 Å². The minimum atomic E-state index is -1.32. The summed E-state index contributed by atoms with van der Waals surface area (Å²) in [4.78, 5) is -1.02. The van der Waals surface area contributed by atoms with E-state index in [9.17, 15) is 18.4 Å². The van der Waals surface area contributed by atoms with E-state index in [-0.39, 0.29) is 16.9 Å². The molecule has 0 saturated heterocycles. The molecule has 1 aromatic rings. The first-order valence-electron chi connectivity index (χ1n) is 4.00. The maximum Gasteiger partial charge on any atom is 0.177 e. The summed E-state index contributed by atoms with van der Waals surface area (Å²) < 4.78 is 44.7. The summed E-state index contributed by atoms with van der Waals surface area (Å²) in [5.41, 5.74) is 0. The summed E-state index contributed by atoms with van der Waals surface area (Å²) in [5.74, 6) is -3.48. The van der Waals surface area contributed by atoms with Crippen molar-refractivity contribution in [2.24, 2.45) is 0 Å². The third-order valence-electron chi connectivity index (χ3n) is 1.75. The van der Waals surface area contributed by atoms with Gasteiger partial charge in [0.05, 0.1) is 26.7 Å². The van der Waals surface area contributed by atoms with Gasteiger partial charge in [-0.3, -0.25) is 5.04 Å². The molecule has 0 bridgehead atoms. The predicted octanol–water partition coefficient (Wildman–Crippen LogP) is 2.78. The Morgan fingerprint density at radius 2 is 1.41 bits per heavy atom. The fraction of sp³-hybridized carbons (Fsp3) is 0.250. The van der Waals surface area contributed by atoms with Crippen LogP contribution < -0.4 is 5.26 Å². The van der Waals surface area contributed by atoms with E-state index in [0.29, 0.717) is 0 Å². The van der Waals surface area contributed by atoms with Crippen LogP contribution in [0.4, 0.5) is 13.2 Å². The van der Waals surface area contributed by atoms with Crippen LogP contribution in [0.3, 0.4) is 0 Å². The van der Waals surface area contributed by atoms with Gasteiger partial charge >= 0.3 is 0 Å². The molecule has 0 spiro atoms. The molecule has 0 radical (unpaired) electrons. The lowest BCUT2D eigenvalue weighted by molar-refractivity contribution is -0.777. The van der Waals surface area contributed by atoms with Crippen molar-refractivity contribution in [3.8, 4) is 0 Å². The second kappa shape index (κ2) is 6.76. The summed E-state index contributed by atoms with van der Waals surface area (Å²) in [7, 11) is 0. The average Bonchev–Trinajstić information content (AvgIpc) is 2.32. The van der Waals surface area contributed by atoms with E-state index < -0.39 is 27.2 Å². The number of halogens is 3. The molecule has 0 aliphatic carbocycles. The maximum absolute atomic E-state index is 13.8. The number of rotatable bonds is 5. The molecule has 9 heteroatoms. The van der Waals surface area contributed by atoms with E-state index in [1.807, 2.05) is 0 Å². The molecule has 0 aliphatic heterocycles. The first-order chi connectivity index (χ1) is 8.08. The van der Waals surface area contributed by atoms with E-state index in [4.69, 9.17) is 0 Å². The van der Waals surface area contributed by atoms with Crippen LogP contribution >= 0.6 is 35.6 Å². The summed E-state index contributed by atoms with van der Waals surface area (Å²) in [6.07, 6.45) is 2.91. The molecule has 96 valence electrons. The Kier molecular flexibility index (Phi) is 5.97. The third kappa shape index (κ3) is 3.04. The third-order valence-corrected chi connectivity index (χ3v) is 4.11. The highest BCUT2D eigenvalue weighted by atomic mass is 32.2. The molecule has 0 fully saturated rings. The molecular weight excluding hydrogens is 297 g/mol. The summed E-state index contributed by atoms with van der Waals surface area (Å²) in [6.45, 7) is 0. The minimum Gasteiger partial charge on any atom is -0.691 e. The monoisotopic (exact) mass is 303 g/mol. The van der Waals surface area contributed by atoms with Gasteiger partial charge in [0.25, 0.3) is 0 Å². The van der Waals surface area contributed by atoms with Gasteiger partial charge in [-0.25, -0.2) is 13.2 Å². The molecule has 0 aromatic heterocycles. The van der Waals surface area contributed by atoms with Gasteiger partial charge in [-0.05, 0) is 12.5 Å². The lowest BCUT2D eigenvalue weighted by atomic mass is 10.3. The first kappa shape index (κ1) is 15.0. The van der Waals surface area contributed by atoms with Crippen molar-refractivity contribution in [1.82, 2.24) is 0 Å². The molecule has 0 N–H and O–H groups in total. The van der Waals surface area contributed by atoms with Gasteiger partial charge < -0.3 is 5.26 Å². The molecular formula is C8H6F3O3S3-. The Hall–Kier alpha value is -0.0600. The van der Waals surface area contributed by atoms with Gasteiger partial charge in [0.2, 0.25) is 0 Å². The predicted molar refractivity (Wildman–Crippen MR) is 57.9 cm³/mol. The minimum absolute atomic E-state index is 0.126. The molecule has 0 unspecified atom stereocenters. The number of hydrogen-bond acceptors (Lipinski definition) is 6. The van der Waals surface area contributed by atoms with Gasteiger partial charge in [-0.1, -0.05) is 0 Å². The number of benzene rings is 1. The van der Waals surface area contributed by atoms with Gasteiger partial charge in [-0.15, -0.1) is 23.5 Å². The van der Waals surface area contributed by atoms with Crippen LogP contribution in [-0.4, -0.2) is 12.5 Å². The van der Waals surface area contributed by atoms with Gasteiger partial charge in [0.1, 0.15) is 0 Å². The Balaban J connectivity index is 3.37. The second-order valence-electron chi connectivity index (χ2n) is 2.56. The van der Waals surface area contributed by atoms with Crippen molar-refractivity contribution in [3.05, 3.63) is 17.5 Å². The maximum atomic E-state index is 13.8. The highest BCUT2D eigenvalue weighted by molar-refractivity contribution is 8.00. The standard InChI is InChI=1S/C8H7F3O3S3/c1-15-6-3(9)4(10)8(17-14-13-12)7(16-2)5(6)11/h12H,1-2H3/p-1. The molecule has 1 rings (SSSR count). The van der Waals surface area contributed by atoms with E-state index in [1.54, 1.807) is 0 Å². The van der Waals surface area contributed by atoms with Crippen molar-refractivity contribution in [2.45, 2.75) is 14.7 Å². The van der Waals surface area contributed by atoms with Gasteiger partial charge in [-0.2, -0.15) is 4.33 Å². The summed E-state index contributed by atoms with van der Waals surface area (Å²) in [5, 5.41) is 12.7. The Labute approximate surface area is 108 Å². The molecule has 0 aliphatic rings. The zero-order valence-corrected chi connectivity index (χ0v) is 11.0. The fourth-order valence-corrected chi connectivity index (χ4v) is 3.03. The van der Waals surface area contributed by atoms with Crippen LogP contribution in [0.15, 0.2) is 14.7 Å². The van der Waals surface area contributed by atoms with Crippen molar-refractivity contribution in [1.29, 1.82) is 0 Å². The molecule has 1 aromatic carbocycles. The van der Waals surface area contributed by atoms with E-state index in [0.717, 1.165) is 23.5 Å². The SMILES string of the molecule is CSc1c(F)c(F)c(SOO[O-])c(SC)c1F. The fourth-order valence-electron chi connectivity index (χ4n) is 1.08. The molecule has 0 heterocycles. The van der Waals surface area contributed by atoms with Crippen molar-refractivity contribution >= 4 is 35.6 Å². The van der Waals surface area contributed by atoms with Crippen molar-refractivity contribution in [3.63, 3.8) is 0 Å². The van der Waals surface area contributed by atoms with Crippen LogP contribution in [0.2, 0.25) is 0 Å². The van der Waals surface area contributed by atoms with Crippen LogP contribution in [0.25, 0.3) is 0 Å². The Morgan fingerprint density at radius 1 is 0.882 bits per heavy atom. The smallest absolute Gasteiger partial charge is 0.177 e. The molecule has 3 nitrogen and oxygen atoms in total. The van der Waals surface area contributed by atoms with E-state index >= 15 is 0 Å². The number of hydrogen-bond donors (Lipinski definition) is 0. The first-order valence-corrected chi connectivity index (χ1v) is 7.19. The van der Waals surface area contributed by atoms with Crippen molar-refractivity contribution < 1.29 is 27.8 Å². The van der Waals surface area contributed by atoms with Gasteiger partial charge in [0, 0.05) is 0 Å². The van der Waals surface area contributed by atoms with E-state index in [2.05, 4.69) is 9.37 Å². The quantitative estimate of drug-likeness (QED) is 0.274. The Bertz CT molecular complexity index is 417. The van der Waals surface area contributed by atoms with Crippen molar-refractivity contribution in [2.75, 3.05) is 12.5 Å². The molecule has 0 atom stereocenters. The lowest BCUT2D eigenvalue weighted by Crippen LogP contribution is -2.04. The average molecular weight is 303 g/mol.